The molecule has 0 N–H and O–H groups in total. The van der Waals surface area contributed by atoms with Gasteiger partial charge in [0.2, 0.25) is 5.96 Å². The van der Waals surface area contributed by atoms with E-state index >= 15 is 0 Å². The molecule has 5 nitrogen and oxygen atoms in total. The fraction of sp³-hybridized carbons (Fsp3) is 0.364. The Morgan fingerprint density at radius 2 is 1.59 bits per heavy atom. The van der Waals surface area contributed by atoms with Crippen molar-refractivity contribution < 1.29 is 9.53 Å². The Hall–Kier alpha value is -2.24. The summed E-state index contributed by atoms with van der Waals surface area (Å²) in [4.78, 5) is 21.7. The molecule has 0 saturated carbocycles. The molecule has 29 heavy (non-hydrogen) atoms. The number of benzene rings is 2. The minimum atomic E-state index is -0.481. The normalized spacial score (nSPS) is 18.8. The number of hydrogen-bond acceptors (Lipinski definition) is 3. The van der Waals surface area contributed by atoms with Crippen LogP contribution in [-0.4, -0.2) is 42.1 Å². The summed E-state index contributed by atoms with van der Waals surface area (Å²) in [6, 6.07) is 14.2. The Labute approximate surface area is 181 Å². The molecule has 0 amide bonds. The molecule has 1 heterocycles. The fourth-order valence-corrected chi connectivity index (χ4v) is 3.64. The lowest BCUT2D eigenvalue weighted by molar-refractivity contribution is -0.142. The highest BCUT2D eigenvalue weighted by Crippen LogP contribution is 2.32. The molecule has 0 radical (unpaired) electrons. The van der Waals surface area contributed by atoms with Crippen molar-refractivity contribution in [3.8, 4) is 0 Å². The van der Waals surface area contributed by atoms with Crippen molar-refractivity contribution >= 4 is 46.5 Å². The van der Waals surface area contributed by atoms with E-state index < -0.39 is 6.04 Å². The van der Waals surface area contributed by atoms with Crippen LogP contribution in [0.4, 0.5) is 11.4 Å². The number of halogens is 2. The number of anilines is 1. The third-order valence-electron chi connectivity index (χ3n) is 4.84. The predicted octanol–water partition coefficient (Wildman–Crippen LogP) is 5.53. The summed E-state index contributed by atoms with van der Waals surface area (Å²) in [7, 11) is 1.41. The molecule has 1 aliphatic rings. The Morgan fingerprint density at radius 1 is 1.03 bits per heavy atom. The van der Waals surface area contributed by atoms with E-state index in [2.05, 4.69) is 25.7 Å². The van der Waals surface area contributed by atoms with Gasteiger partial charge < -0.3 is 9.64 Å². The highest BCUT2D eigenvalue weighted by molar-refractivity contribution is 6.31. The summed E-state index contributed by atoms with van der Waals surface area (Å²) >= 11 is 12.1. The van der Waals surface area contributed by atoms with Crippen LogP contribution in [0.1, 0.15) is 27.2 Å². The maximum Gasteiger partial charge on any atom is 0.329 e. The van der Waals surface area contributed by atoms with E-state index in [0.717, 1.165) is 11.4 Å². The van der Waals surface area contributed by atoms with Gasteiger partial charge in [-0.25, -0.2) is 9.79 Å². The van der Waals surface area contributed by atoms with Gasteiger partial charge in [-0.15, -0.1) is 0 Å². The van der Waals surface area contributed by atoms with Gasteiger partial charge >= 0.3 is 5.97 Å². The van der Waals surface area contributed by atoms with Gasteiger partial charge in [-0.05, 0) is 75.7 Å². The van der Waals surface area contributed by atoms with Crippen LogP contribution in [-0.2, 0) is 9.53 Å². The quantitative estimate of drug-likeness (QED) is 0.596. The van der Waals surface area contributed by atoms with Crippen LogP contribution in [0.25, 0.3) is 0 Å². The lowest BCUT2D eigenvalue weighted by atomic mass is 10.0. The Balaban J connectivity index is 2.17. The van der Waals surface area contributed by atoms with E-state index in [1.165, 1.54) is 7.11 Å². The fourth-order valence-electron chi connectivity index (χ4n) is 3.39. The molecular formula is C22H25Cl2N3O2. The Morgan fingerprint density at radius 3 is 2.10 bits per heavy atom. The first-order chi connectivity index (χ1) is 13.7. The summed E-state index contributed by atoms with van der Waals surface area (Å²) in [5, 5.41) is 1.27. The molecule has 7 heteroatoms. The maximum absolute atomic E-state index is 12.6. The Bertz CT molecular complexity index is 890. The van der Waals surface area contributed by atoms with Crippen molar-refractivity contribution in [3.63, 3.8) is 0 Å². The van der Waals surface area contributed by atoms with Crippen LogP contribution in [0, 0.1) is 0 Å². The van der Waals surface area contributed by atoms with Crippen molar-refractivity contribution in [1.82, 2.24) is 4.90 Å². The highest BCUT2D eigenvalue weighted by Gasteiger charge is 2.41. The molecule has 154 valence electrons. The second-order valence-electron chi connectivity index (χ2n) is 7.88. The number of hydrogen-bond donors (Lipinski definition) is 0. The van der Waals surface area contributed by atoms with Gasteiger partial charge in [0, 0.05) is 27.8 Å². The number of methoxy groups -OCH3 is 1. The predicted molar refractivity (Wildman–Crippen MR) is 119 cm³/mol. The molecule has 0 aromatic heterocycles. The first-order valence-electron chi connectivity index (χ1n) is 9.45. The first kappa shape index (κ1) is 21.5. The number of rotatable bonds is 3. The van der Waals surface area contributed by atoms with Crippen molar-refractivity contribution in [2.45, 2.75) is 38.8 Å². The van der Waals surface area contributed by atoms with Crippen molar-refractivity contribution in [1.29, 1.82) is 0 Å². The van der Waals surface area contributed by atoms with E-state index in [9.17, 15) is 4.79 Å². The summed E-state index contributed by atoms with van der Waals surface area (Å²) in [6.07, 6.45) is 0.617. The number of esters is 1. The number of aliphatic imine (C=N–C) groups is 1. The molecule has 1 atom stereocenters. The van der Waals surface area contributed by atoms with E-state index in [0.29, 0.717) is 29.0 Å². The van der Waals surface area contributed by atoms with Gasteiger partial charge in [0.15, 0.2) is 0 Å². The van der Waals surface area contributed by atoms with E-state index in [1.54, 1.807) is 24.3 Å². The average Bonchev–Trinajstić information content (AvgIpc) is 2.68. The number of nitrogens with zero attached hydrogens (tertiary/aromatic N) is 3. The van der Waals surface area contributed by atoms with Crippen LogP contribution >= 0.6 is 23.2 Å². The van der Waals surface area contributed by atoms with E-state index in [1.807, 2.05) is 29.2 Å². The summed E-state index contributed by atoms with van der Waals surface area (Å²) in [6.45, 7) is 7.06. The molecule has 1 aliphatic heterocycles. The van der Waals surface area contributed by atoms with Crippen LogP contribution in [0.2, 0.25) is 10.0 Å². The van der Waals surface area contributed by atoms with Gasteiger partial charge in [-0.3, -0.25) is 4.90 Å². The van der Waals surface area contributed by atoms with Gasteiger partial charge in [-0.1, -0.05) is 23.2 Å². The first-order valence-corrected chi connectivity index (χ1v) is 10.2. The number of ether oxygens (including phenoxy) is 1. The zero-order chi connectivity index (χ0) is 21.2. The average molecular weight is 434 g/mol. The molecule has 0 aliphatic carbocycles. The zero-order valence-corrected chi connectivity index (χ0v) is 18.5. The van der Waals surface area contributed by atoms with Gasteiger partial charge in [0.25, 0.3) is 0 Å². The minimum absolute atomic E-state index is 0.197. The highest BCUT2D eigenvalue weighted by atomic mass is 35.5. The van der Waals surface area contributed by atoms with Crippen LogP contribution in [0.3, 0.4) is 0 Å². The standard InChI is InChI=1S/C22H25Cl2N3O2/c1-22(2,3)26-14-13-19(20(28)29-4)27(18-11-7-16(24)8-12-18)21(26)25-17-9-5-15(23)6-10-17/h5-12,19H,13-14H2,1-4H3. The van der Waals surface area contributed by atoms with Gasteiger partial charge in [-0.2, -0.15) is 0 Å². The molecule has 2 aromatic rings. The molecule has 2 aromatic carbocycles. The van der Waals surface area contributed by atoms with E-state index in [-0.39, 0.29) is 11.5 Å². The van der Waals surface area contributed by atoms with Crippen LogP contribution in [0.15, 0.2) is 53.5 Å². The van der Waals surface area contributed by atoms with Gasteiger partial charge in [0.1, 0.15) is 6.04 Å². The number of carbonyl (C=O) groups is 1. The van der Waals surface area contributed by atoms with Crippen molar-refractivity contribution in [3.05, 3.63) is 58.6 Å². The molecule has 1 unspecified atom stereocenters. The van der Waals surface area contributed by atoms with Crippen molar-refractivity contribution in [2.75, 3.05) is 18.6 Å². The number of carbonyl (C=O) groups excluding carboxylic acids is 1. The lowest BCUT2D eigenvalue weighted by Crippen LogP contribution is -2.62. The largest absolute Gasteiger partial charge is 0.467 e. The van der Waals surface area contributed by atoms with E-state index in [4.69, 9.17) is 32.9 Å². The SMILES string of the molecule is COC(=O)C1CCN(C(C)(C)C)C(=Nc2ccc(Cl)cc2)N1c1ccc(Cl)cc1. The molecule has 3 rings (SSSR count). The Kier molecular flexibility index (Phi) is 6.39. The second-order valence-corrected chi connectivity index (χ2v) is 8.76. The topological polar surface area (TPSA) is 45.1 Å². The number of guanidine groups is 1. The zero-order valence-electron chi connectivity index (χ0n) is 17.0. The molecule has 1 fully saturated rings. The third-order valence-corrected chi connectivity index (χ3v) is 5.34. The molecule has 0 bridgehead atoms. The molecular weight excluding hydrogens is 409 g/mol. The maximum atomic E-state index is 12.6. The van der Waals surface area contributed by atoms with Gasteiger partial charge in [0.05, 0.1) is 12.8 Å². The molecule has 0 spiro atoms. The summed E-state index contributed by atoms with van der Waals surface area (Å²) < 4.78 is 5.10. The smallest absolute Gasteiger partial charge is 0.329 e. The summed E-state index contributed by atoms with van der Waals surface area (Å²) in [5.74, 6) is 0.390. The molecule has 1 saturated heterocycles. The van der Waals surface area contributed by atoms with Crippen LogP contribution < -0.4 is 4.90 Å². The monoisotopic (exact) mass is 433 g/mol. The summed E-state index contributed by atoms with van der Waals surface area (Å²) in [5.41, 5.74) is 1.38. The lowest BCUT2D eigenvalue weighted by Gasteiger charge is -2.48. The minimum Gasteiger partial charge on any atom is -0.467 e. The second kappa shape index (κ2) is 8.64. The van der Waals surface area contributed by atoms with Crippen LogP contribution in [0.5, 0.6) is 0 Å². The third kappa shape index (κ3) is 4.85. The van der Waals surface area contributed by atoms with Crippen molar-refractivity contribution in [2.24, 2.45) is 4.99 Å².